The summed E-state index contributed by atoms with van der Waals surface area (Å²) in [5.41, 5.74) is 9.51. The summed E-state index contributed by atoms with van der Waals surface area (Å²) in [5, 5.41) is 8.86. The summed E-state index contributed by atoms with van der Waals surface area (Å²) in [6, 6.07) is 56.7. The molecule has 0 spiro atoms. The van der Waals surface area contributed by atoms with Crippen molar-refractivity contribution in [3.63, 3.8) is 0 Å². The van der Waals surface area contributed by atoms with Crippen LogP contribution < -0.4 is 5.32 Å². The molecule has 0 aliphatic heterocycles. The molecule has 1 heterocycles. The Balaban J connectivity index is 1.00. The van der Waals surface area contributed by atoms with Gasteiger partial charge in [-0.15, -0.1) is 11.3 Å². The summed E-state index contributed by atoms with van der Waals surface area (Å²) in [7, 11) is 0. The van der Waals surface area contributed by atoms with E-state index >= 15 is 0 Å². The number of benzene rings is 7. The Bertz CT molecular complexity index is 2170. The molecule has 0 saturated carbocycles. The molecule has 8 rings (SSSR count). The normalized spacial score (nSPS) is 11.3. The Kier molecular flexibility index (Phi) is 6.05. The third kappa shape index (κ3) is 4.52. The molecule has 2 heteroatoms. The van der Waals surface area contributed by atoms with Gasteiger partial charge in [-0.3, -0.25) is 0 Å². The molecule has 0 saturated heterocycles. The van der Waals surface area contributed by atoms with Crippen molar-refractivity contribution in [3.05, 3.63) is 158 Å². The monoisotopic (exact) mass is 553 g/mol. The predicted octanol–water partition coefficient (Wildman–Crippen LogP) is 12.0. The number of nitrogens with one attached hydrogen (secondary N) is 1. The fraction of sp³-hybridized carbons (Fsp3) is 0. The van der Waals surface area contributed by atoms with Crippen molar-refractivity contribution in [1.29, 1.82) is 0 Å². The van der Waals surface area contributed by atoms with Gasteiger partial charge in [-0.05, 0) is 80.6 Å². The Morgan fingerprint density at radius 2 is 0.881 bits per heavy atom. The number of hydrogen-bond acceptors (Lipinski definition) is 2. The van der Waals surface area contributed by atoms with Gasteiger partial charge >= 0.3 is 0 Å². The van der Waals surface area contributed by atoms with Crippen LogP contribution in [0.1, 0.15) is 0 Å². The zero-order valence-electron chi connectivity index (χ0n) is 22.9. The van der Waals surface area contributed by atoms with E-state index in [1.54, 1.807) is 0 Å². The zero-order valence-corrected chi connectivity index (χ0v) is 23.7. The van der Waals surface area contributed by atoms with Crippen LogP contribution in [0.15, 0.2) is 158 Å². The molecule has 0 radical (unpaired) electrons. The minimum Gasteiger partial charge on any atom is -0.356 e. The van der Waals surface area contributed by atoms with Gasteiger partial charge < -0.3 is 5.32 Å². The molecule has 8 aromatic rings. The molecule has 0 fully saturated rings. The second kappa shape index (κ2) is 10.3. The third-order valence-electron chi connectivity index (χ3n) is 8.08. The lowest BCUT2D eigenvalue weighted by atomic mass is 10.00. The minimum absolute atomic E-state index is 1.07. The molecule has 42 heavy (non-hydrogen) atoms. The highest BCUT2D eigenvalue weighted by atomic mass is 32.1. The Labute approximate surface area is 249 Å². The summed E-state index contributed by atoms with van der Waals surface area (Å²) in [5.74, 6) is 0. The van der Waals surface area contributed by atoms with Gasteiger partial charge in [0.1, 0.15) is 0 Å². The molecule has 0 aliphatic carbocycles. The van der Waals surface area contributed by atoms with Crippen LogP contribution in [-0.2, 0) is 0 Å². The number of thiophene rings is 1. The SMILES string of the molecule is c1ccc(-c2ccc(-c3ccc(Nc4ccc(-c5ccc6sc7c8ccccc8ccc7c6c5)cc4)cc3)cc2)cc1. The molecular weight excluding hydrogens is 527 g/mol. The lowest BCUT2D eigenvalue weighted by Crippen LogP contribution is -1.90. The number of anilines is 2. The van der Waals surface area contributed by atoms with Crippen LogP contribution in [0, 0.1) is 0 Å². The van der Waals surface area contributed by atoms with E-state index < -0.39 is 0 Å². The largest absolute Gasteiger partial charge is 0.356 e. The van der Waals surface area contributed by atoms with E-state index in [2.05, 4.69) is 163 Å². The van der Waals surface area contributed by atoms with E-state index in [1.165, 1.54) is 64.3 Å². The number of rotatable bonds is 5. The highest BCUT2D eigenvalue weighted by Gasteiger charge is 2.10. The van der Waals surface area contributed by atoms with Crippen molar-refractivity contribution < 1.29 is 0 Å². The summed E-state index contributed by atoms with van der Waals surface area (Å²) in [4.78, 5) is 0. The van der Waals surface area contributed by atoms with E-state index in [9.17, 15) is 0 Å². The molecule has 7 aromatic carbocycles. The van der Waals surface area contributed by atoms with Crippen LogP contribution >= 0.6 is 11.3 Å². The second-order valence-electron chi connectivity index (χ2n) is 10.7. The van der Waals surface area contributed by atoms with E-state index in [0.29, 0.717) is 0 Å². The van der Waals surface area contributed by atoms with Gasteiger partial charge in [0.25, 0.3) is 0 Å². The maximum atomic E-state index is 3.56. The molecule has 1 N–H and O–H groups in total. The number of fused-ring (bicyclic) bond motifs is 5. The van der Waals surface area contributed by atoms with Crippen molar-refractivity contribution in [1.82, 2.24) is 0 Å². The van der Waals surface area contributed by atoms with Gasteiger partial charge in [0.2, 0.25) is 0 Å². The first kappa shape index (κ1) is 24.6. The van der Waals surface area contributed by atoms with E-state index in [0.717, 1.165) is 11.4 Å². The van der Waals surface area contributed by atoms with Crippen LogP contribution in [0.4, 0.5) is 11.4 Å². The summed E-state index contributed by atoms with van der Waals surface area (Å²) in [6.45, 7) is 0. The van der Waals surface area contributed by atoms with Crippen molar-refractivity contribution in [3.8, 4) is 33.4 Å². The summed E-state index contributed by atoms with van der Waals surface area (Å²) >= 11 is 1.89. The second-order valence-corrected chi connectivity index (χ2v) is 11.8. The van der Waals surface area contributed by atoms with Crippen LogP contribution in [-0.4, -0.2) is 0 Å². The van der Waals surface area contributed by atoms with Crippen molar-refractivity contribution in [2.75, 3.05) is 5.32 Å². The molecule has 198 valence electrons. The zero-order chi connectivity index (χ0) is 27.9. The van der Waals surface area contributed by atoms with E-state index in [1.807, 2.05) is 11.3 Å². The van der Waals surface area contributed by atoms with Gasteiger partial charge in [-0.1, -0.05) is 121 Å². The topological polar surface area (TPSA) is 12.0 Å². The van der Waals surface area contributed by atoms with Gasteiger partial charge in [0.15, 0.2) is 0 Å². The molecule has 0 atom stereocenters. The first-order valence-corrected chi connectivity index (χ1v) is 15.1. The van der Waals surface area contributed by atoms with Gasteiger partial charge in [0, 0.05) is 31.5 Å². The molecule has 1 aromatic heterocycles. The summed E-state index contributed by atoms with van der Waals surface area (Å²) in [6.07, 6.45) is 0. The molecule has 0 aliphatic rings. The maximum Gasteiger partial charge on any atom is 0.0433 e. The standard InChI is InChI=1S/C40H27NS/c1-2-6-27(7-3-1)28-10-12-29(13-11-28)30-14-20-34(21-15-30)41-35-22-16-31(17-23-35)33-19-25-39-38(26-33)37-24-18-32-8-4-5-9-36(32)40(37)42-39/h1-26,41H. The average molecular weight is 554 g/mol. The first-order valence-electron chi connectivity index (χ1n) is 14.3. The molecule has 0 bridgehead atoms. The third-order valence-corrected chi connectivity index (χ3v) is 9.30. The first-order chi connectivity index (χ1) is 20.8. The van der Waals surface area contributed by atoms with Crippen molar-refractivity contribution in [2.45, 2.75) is 0 Å². The van der Waals surface area contributed by atoms with Gasteiger partial charge in [-0.25, -0.2) is 0 Å². The van der Waals surface area contributed by atoms with Crippen molar-refractivity contribution in [2.24, 2.45) is 0 Å². The lowest BCUT2D eigenvalue weighted by Gasteiger charge is -2.10. The molecule has 0 amide bonds. The van der Waals surface area contributed by atoms with Crippen LogP contribution in [0.25, 0.3) is 64.3 Å². The number of hydrogen-bond donors (Lipinski definition) is 1. The smallest absolute Gasteiger partial charge is 0.0433 e. The quantitative estimate of drug-likeness (QED) is 0.223. The Hall–Kier alpha value is -5.18. The highest BCUT2D eigenvalue weighted by molar-refractivity contribution is 7.26. The maximum absolute atomic E-state index is 3.56. The average Bonchev–Trinajstić information content (AvgIpc) is 3.45. The Morgan fingerprint density at radius 3 is 1.55 bits per heavy atom. The van der Waals surface area contributed by atoms with E-state index in [4.69, 9.17) is 0 Å². The van der Waals surface area contributed by atoms with Crippen LogP contribution in [0.3, 0.4) is 0 Å². The fourth-order valence-corrected chi connectivity index (χ4v) is 7.05. The van der Waals surface area contributed by atoms with Gasteiger partial charge in [0.05, 0.1) is 0 Å². The Morgan fingerprint density at radius 1 is 0.357 bits per heavy atom. The fourth-order valence-electron chi connectivity index (χ4n) is 5.83. The predicted molar refractivity (Wildman–Crippen MR) is 183 cm³/mol. The lowest BCUT2D eigenvalue weighted by molar-refractivity contribution is 1.53. The molecular formula is C40H27NS. The van der Waals surface area contributed by atoms with Gasteiger partial charge in [-0.2, -0.15) is 0 Å². The molecule has 1 nitrogen and oxygen atoms in total. The molecule has 0 unspecified atom stereocenters. The van der Waals surface area contributed by atoms with Crippen LogP contribution in [0.2, 0.25) is 0 Å². The van der Waals surface area contributed by atoms with Crippen molar-refractivity contribution >= 4 is 53.7 Å². The summed E-state index contributed by atoms with van der Waals surface area (Å²) < 4.78 is 2.70. The van der Waals surface area contributed by atoms with Crippen LogP contribution in [0.5, 0.6) is 0 Å². The minimum atomic E-state index is 1.07. The van der Waals surface area contributed by atoms with E-state index in [-0.39, 0.29) is 0 Å². The highest BCUT2D eigenvalue weighted by Crippen LogP contribution is 2.40.